The summed E-state index contributed by atoms with van der Waals surface area (Å²) in [5.74, 6) is 1.19. The Morgan fingerprint density at radius 2 is 1.93 bits per heavy atom. The highest BCUT2D eigenvalue weighted by atomic mass is 35.5. The maximum atomic E-state index is 11.1. The van der Waals surface area contributed by atoms with Crippen molar-refractivity contribution in [3.63, 3.8) is 0 Å². The number of unbranched alkanes of at least 4 members (excludes halogenated alkanes) is 2. The van der Waals surface area contributed by atoms with E-state index in [1.807, 2.05) is 0 Å². The molecule has 15 heavy (non-hydrogen) atoms. The van der Waals surface area contributed by atoms with Crippen LogP contribution in [0, 0.1) is 5.92 Å². The second kappa shape index (κ2) is 10.3. The van der Waals surface area contributed by atoms with Gasteiger partial charge in [-0.25, -0.2) is 0 Å². The SMILES string of the molecule is CC(C)CCCCCOC(=O)CCCCl. The third kappa shape index (κ3) is 11.7. The fourth-order valence-corrected chi connectivity index (χ4v) is 1.43. The van der Waals surface area contributed by atoms with E-state index in [4.69, 9.17) is 16.3 Å². The third-order valence-electron chi connectivity index (χ3n) is 2.20. The van der Waals surface area contributed by atoms with Gasteiger partial charge in [-0.15, -0.1) is 11.6 Å². The van der Waals surface area contributed by atoms with Crippen LogP contribution in [0.15, 0.2) is 0 Å². The van der Waals surface area contributed by atoms with E-state index in [0.29, 0.717) is 25.3 Å². The predicted octanol–water partition coefficient (Wildman–Crippen LogP) is 3.77. The summed E-state index contributed by atoms with van der Waals surface area (Å²) >= 11 is 5.47. The standard InChI is InChI=1S/C12H23ClO2/c1-11(2)7-4-3-5-10-15-12(14)8-6-9-13/h11H,3-10H2,1-2H3. The predicted molar refractivity (Wildman–Crippen MR) is 64.2 cm³/mol. The van der Waals surface area contributed by atoms with Crippen molar-refractivity contribution in [2.24, 2.45) is 5.92 Å². The first kappa shape index (κ1) is 14.8. The topological polar surface area (TPSA) is 26.3 Å². The second-order valence-corrected chi connectivity index (χ2v) is 4.63. The third-order valence-corrected chi connectivity index (χ3v) is 2.47. The molecule has 2 nitrogen and oxygen atoms in total. The largest absolute Gasteiger partial charge is 0.466 e. The number of carbonyl (C=O) groups is 1. The van der Waals surface area contributed by atoms with Crippen molar-refractivity contribution in [2.45, 2.75) is 52.4 Å². The van der Waals surface area contributed by atoms with E-state index in [2.05, 4.69) is 13.8 Å². The minimum atomic E-state index is -0.112. The van der Waals surface area contributed by atoms with Crippen LogP contribution in [0.2, 0.25) is 0 Å². The van der Waals surface area contributed by atoms with Crippen LogP contribution in [0.4, 0.5) is 0 Å². The molecule has 0 heterocycles. The molecule has 0 amide bonds. The van der Waals surface area contributed by atoms with Gasteiger partial charge in [-0.1, -0.05) is 33.1 Å². The average Bonchev–Trinajstić information content (AvgIpc) is 2.19. The highest BCUT2D eigenvalue weighted by Gasteiger charge is 2.01. The molecule has 0 aliphatic carbocycles. The van der Waals surface area contributed by atoms with Crippen LogP contribution in [0.25, 0.3) is 0 Å². The van der Waals surface area contributed by atoms with Crippen LogP contribution in [-0.4, -0.2) is 18.5 Å². The molecule has 0 N–H and O–H groups in total. The van der Waals surface area contributed by atoms with Crippen molar-refractivity contribution >= 4 is 17.6 Å². The molecular weight excluding hydrogens is 212 g/mol. The number of hydrogen-bond acceptors (Lipinski definition) is 2. The molecule has 0 saturated heterocycles. The van der Waals surface area contributed by atoms with Crippen molar-refractivity contribution < 1.29 is 9.53 Å². The Balaban J connectivity index is 3.13. The number of alkyl halides is 1. The van der Waals surface area contributed by atoms with E-state index in [1.54, 1.807) is 0 Å². The molecule has 0 unspecified atom stereocenters. The molecule has 0 fully saturated rings. The zero-order chi connectivity index (χ0) is 11.5. The van der Waals surface area contributed by atoms with Gasteiger partial charge in [0.1, 0.15) is 0 Å². The second-order valence-electron chi connectivity index (χ2n) is 4.26. The van der Waals surface area contributed by atoms with Crippen molar-refractivity contribution in [2.75, 3.05) is 12.5 Å². The zero-order valence-electron chi connectivity index (χ0n) is 9.93. The quantitative estimate of drug-likeness (QED) is 0.345. The number of carbonyl (C=O) groups excluding carboxylic acids is 1. The van der Waals surface area contributed by atoms with Gasteiger partial charge in [0.2, 0.25) is 0 Å². The van der Waals surface area contributed by atoms with Crippen LogP contribution in [0.5, 0.6) is 0 Å². The minimum absolute atomic E-state index is 0.112. The summed E-state index contributed by atoms with van der Waals surface area (Å²) in [6.07, 6.45) is 5.81. The Labute approximate surface area is 98.3 Å². The van der Waals surface area contributed by atoms with Crippen molar-refractivity contribution in [1.82, 2.24) is 0 Å². The number of esters is 1. The summed E-state index contributed by atoms with van der Waals surface area (Å²) in [5, 5.41) is 0. The van der Waals surface area contributed by atoms with Gasteiger partial charge >= 0.3 is 5.97 Å². The lowest BCUT2D eigenvalue weighted by molar-refractivity contribution is -0.143. The minimum Gasteiger partial charge on any atom is -0.466 e. The highest BCUT2D eigenvalue weighted by Crippen LogP contribution is 2.08. The molecule has 0 atom stereocenters. The van der Waals surface area contributed by atoms with Crippen LogP contribution in [0.1, 0.15) is 52.4 Å². The summed E-state index contributed by atoms with van der Waals surface area (Å²) < 4.78 is 5.05. The van der Waals surface area contributed by atoms with Crippen molar-refractivity contribution in [1.29, 1.82) is 0 Å². The molecule has 0 aromatic carbocycles. The lowest BCUT2D eigenvalue weighted by Gasteiger charge is -2.05. The Morgan fingerprint density at radius 1 is 1.20 bits per heavy atom. The lowest BCUT2D eigenvalue weighted by atomic mass is 10.1. The monoisotopic (exact) mass is 234 g/mol. The fourth-order valence-electron chi connectivity index (χ4n) is 1.30. The number of halogens is 1. The van der Waals surface area contributed by atoms with Crippen LogP contribution in [0.3, 0.4) is 0 Å². The summed E-state index contributed by atoms with van der Waals surface area (Å²) in [7, 11) is 0. The van der Waals surface area contributed by atoms with E-state index >= 15 is 0 Å². The molecule has 3 heteroatoms. The first-order chi connectivity index (χ1) is 7.16. The molecule has 0 aromatic heterocycles. The molecule has 0 saturated carbocycles. The highest BCUT2D eigenvalue weighted by molar-refractivity contribution is 6.17. The molecule has 0 rings (SSSR count). The van der Waals surface area contributed by atoms with E-state index in [9.17, 15) is 4.79 Å². The van der Waals surface area contributed by atoms with Gasteiger partial charge in [-0.3, -0.25) is 4.79 Å². The summed E-state index contributed by atoms with van der Waals surface area (Å²) in [4.78, 5) is 11.1. The first-order valence-corrected chi connectivity index (χ1v) is 6.42. The van der Waals surface area contributed by atoms with E-state index < -0.39 is 0 Å². The molecule has 0 aliphatic rings. The zero-order valence-corrected chi connectivity index (χ0v) is 10.7. The van der Waals surface area contributed by atoms with Gasteiger partial charge in [0.05, 0.1) is 6.61 Å². The Hall–Kier alpha value is -0.240. The van der Waals surface area contributed by atoms with E-state index in [1.165, 1.54) is 12.8 Å². The van der Waals surface area contributed by atoms with Gasteiger partial charge in [-0.2, -0.15) is 0 Å². The normalized spacial score (nSPS) is 10.7. The van der Waals surface area contributed by atoms with E-state index in [0.717, 1.165) is 18.8 Å². The first-order valence-electron chi connectivity index (χ1n) is 5.88. The van der Waals surface area contributed by atoms with Gasteiger partial charge in [-0.05, 0) is 18.8 Å². The Kier molecular flexibility index (Phi) is 10.1. The number of rotatable bonds is 9. The molecule has 0 aromatic rings. The Morgan fingerprint density at radius 3 is 2.53 bits per heavy atom. The smallest absolute Gasteiger partial charge is 0.305 e. The molecular formula is C12H23ClO2. The molecule has 0 spiro atoms. The number of hydrogen-bond donors (Lipinski definition) is 0. The van der Waals surface area contributed by atoms with Crippen molar-refractivity contribution in [3.05, 3.63) is 0 Å². The maximum absolute atomic E-state index is 11.1. The van der Waals surface area contributed by atoms with Gasteiger partial charge < -0.3 is 4.74 Å². The van der Waals surface area contributed by atoms with Gasteiger partial charge in [0.15, 0.2) is 0 Å². The molecule has 0 radical (unpaired) electrons. The average molecular weight is 235 g/mol. The summed E-state index contributed by atoms with van der Waals surface area (Å²) in [6.45, 7) is 5.03. The molecule has 0 aliphatic heterocycles. The maximum Gasteiger partial charge on any atom is 0.305 e. The lowest BCUT2D eigenvalue weighted by Crippen LogP contribution is -2.05. The number of ether oxygens (including phenoxy) is 1. The van der Waals surface area contributed by atoms with Crippen LogP contribution >= 0.6 is 11.6 Å². The van der Waals surface area contributed by atoms with Crippen LogP contribution in [-0.2, 0) is 9.53 Å². The Bertz CT molecular complexity index is 158. The molecule has 90 valence electrons. The fraction of sp³-hybridized carbons (Fsp3) is 0.917. The molecule has 0 bridgehead atoms. The summed E-state index contributed by atoms with van der Waals surface area (Å²) in [6, 6.07) is 0. The van der Waals surface area contributed by atoms with Crippen molar-refractivity contribution in [3.8, 4) is 0 Å². The van der Waals surface area contributed by atoms with Gasteiger partial charge in [0.25, 0.3) is 0 Å². The van der Waals surface area contributed by atoms with Gasteiger partial charge in [0, 0.05) is 12.3 Å². The van der Waals surface area contributed by atoms with Crippen LogP contribution < -0.4 is 0 Å². The van der Waals surface area contributed by atoms with E-state index in [-0.39, 0.29) is 5.97 Å². The summed E-state index contributed by atoms with van der Waals surface area (Å²) in [5.41, 5.74) is 0.